The molecule has 4 N–H and O–H groups in total. The zero-order valence-corrected chi connectivity index (χ0v) is 12.8. The van der Waals surface area contributed by atoms with Gasteiger partial charge in [-0.25, -0.2) is 0 Å². The molecule has 0 saturated heterocycles. The second kappa shape index (κ2) is 5.57. The lowest BCUT2D eigenvalue weighted by atomic mass is 10.1. The lowest BCUT2D eigenvalue weighted by Gasteiger charge is -2.10. The van der Waals surface area contributed by atoms with Crippen molar-refractivity contribution in [1.29, 1.82) is 0 Å². The molecule has 0 amide bonds. The summed E-state index contributed by atoms with van der Waals surface area (Å²) in [6.07, 6.45) is 0. The number of fused-ring (bicyclic) bond motifs is 1. The van der Waals surface area contributed by atoms with E-state index < -0.39 is 0 Å². The lowest BCUT2D eigenvalue weighted by Crippen LogP contribution is -2.03. The molecule has 6 nitrogen and oxygen atoms in total. The first kappa shape index (κ1) is 14.8. The van der Waals surface area contributed by atoms with Gasteiger partial charge in [0.05, 0.1) is 25.3 Å². The number of methoxy groups -OCH3 is 2. The van der Waals surface area contributed by atoms with Crippen molar-refractivity contribution in [3.63, 3.8) is 0 Å². The third-order valence-corrected chi connectivity index (χ3v) is 3.55. The molecular formula is C17H16N2O4. The van der Waals surface area contributed by atoms with Gasteiger partial charge in [0.1, 0.15) is 5.76 Å². The summed E-state index contributed by atoms with van der Waals surface area (Å²) >= 11 is 0. The predicted molar refractivity (Wildman–Crippen MR) is 89.8 cm³/mol. The van der Waals surface area contributed by atoms with Crippen LogP contribution in [0, 0.1) is 0 Å². The quantitative estimate of drug-likeness (QED) is 0.721. The Hall–Kier alpha value is -3.15. The summed E-state index contributed by atoms with van der Waals surface area (Å²) in [6, 6.07) is 9.77. The fraction of sp³-hybridized carbons (Fsp3) is 0.118. The number of hydrogen-bond donors (Lipinski definition) is 2. The number of nitrogen functional groups attached to an aromatic ring is 2. The van der Waals surface area contributed by atoms with Gasteiger partial charge in [-0.1, -0.05) is 0 Å². The number of nitrogens with two attached hydrogens (primary N) is 2. The average molecular weight is 312 g/mol. The smallest absolute Gasteiger partial charge is 0.193 e. The molecule has 1 heterocycles. The first-order valence-corrected chi connectivity index (χ1v) is 6.88. The predicted octanol–water partition coefficient (Wildman–Crippen LogP) is 2.64. The second-order valence-electron chi connectivity index (χ2n) is 5.03. The summed E-state index contributed by atoms with van der Waals surface area (Å²) in [5, 5.41) is 0.353. The molecule has 0 fully saturated rings. The SMILES string of the molecule is COc1ccc(-c2cc(=O)c3cc(N)cc(N)c3o2)cc1OC. The number of benzene rings is 2. The van der Waals surface area contributed by atoms with Crippen LogP contribution in [0.3, 0.4) is 0 Å². The molecule has 1 aromatic heterocycles. The lowest BCUT2D eigenvalue weighted by molar-refractivity contribution is 0.355. The Morgan fingerprint density at radius 3 is 2.39 bits per heavy atom. The molecular weight excluding hydrogens is 296 g/mol. The summed E-state index contributed by atoms with van der Waals surface area (Å²) < 4.78 is 16.3. The molecule has 0 aliphatic heterocycles. The van der Waals surface area contributed by atoms with Crippen LogP contribution in [0.1, 0.15) is 0 Å². The van der Waals surface area contributed by atoms with E-state index in [9.17, 15) is 4.79 Å². The van der Waals surface area contributed by atoms with E-state index in [1.807, 2.05) is 0 Å². The maximum atomic E-state index is 12.3. The van der Waals surface area contributed by atoms with Crippen molar-refractivity contribution in [3.05, 3.63) is 46.6 Å². The first-order chi connectivity index (χ1) is 11.0. The third kappa shape index (κ3) is 2.55. The molecule has 0 aliphatic rings. The molecule has 0 bridgehead atoms. The number of rotatable bonds is 3. The minimum Gasteiger partial charge on any atom is -0.493 e. The molecule has 0 unspecified atom stereocenters. The van der Waals surface area contributed by atoms with Crippen LogP contribution in [-0.2, 0) is 0 Å². The highest BCUT2D eigenvalue weighted by Gasteiger charge is 2.12. The highest BCUT2D eigenvalue weighted by atomic mass is 16.5. The zero-order chi connectivity index (χ0) is 16.6. The molecule has 118 valence electrons. The monoisotopic (exact) mass is 312 g/mol. The van der Waals surface area contributed by atoms with E-state index in [1.165, 1.54) is 6.07 Å². The molecule has 3 rings (SSSR count). The van der Waals surface area contributed by atoms with Crippen molar-refractivity contribution in [2.75, 3.05) is 25.7 Å². The van der Waals surface area contributed by atoms with Gasteiger partial charge in [-0.05, 0) is 30.3 Å². The van der Waals surface area contributed by atoms with Crippen LogP contribution >= 0.6 is 0 Å². The van der Waals surface area contributed by atoms with Crippen molar-refractivity contribution in [2.45, 2.75) is 0 Å². The summed E-state index contributed by atoms with van der Waals surface area (Å²) in [7, 11) is 3.09. The molecule has 6 heteroatoms. The van der Waals surface area contributed by atoms with Gasteiger partial charge in [0.25, 0.3) is 0 Å². The third-order valence-electron chi connectivity index (χ3n) is 3.55. The fourth-order valence-electron chi connectivity index (χ4n) is 2.44. The van der Waals surface area contributed by atoms with Gasteiger partial charge >= 0.3 is 0 Å². The van der Waals surface area contributed by atoms with Crippen LogP contribution in [0.2, 0.25) is 0 Å². The van der Waals surface area contributed by atoms with Gasteiger partial charge < -0.3 is 25.4 Å². The molecule has 3 aromatic rings. The molecule has 0 aliphatic carbocycles. The first-order valence-electron chi connectivity index (χ1n) is 6.88. The van der Waals surface area contributed by atoms with Gasteiger partial charge in [0.15, 0.2) is 22.5 Å². The molecule has 23 heavy (non-hydrogen) atoms. The Labute approximate surface area is 132 Å². The molecule has 0 radical (unpaired) electrons. The topological polar surface area (TPSA) is 101 Å². The van der Waals surface area contributed by atoms with Crippen LogP contribution in [0.5, 0.6) is 11.5 Å². The summed E-state index contributed by atoms with van der Waals surface area (Å²) in [4.78, 5) is 12.3. The highest BCUT2D eigenvalue weighted by Crippen LogP contribution is 2.33. The number of hydrogen-bond acceptors (Lipinski definition) is 6. The van der Waals surface area contributed by atoms with Crippen molar-refractivity contribution in [3.8, 4) is 22.8 Å². The standard InChI is InChI=1S/C17H16N2O4/c1-21-14-4-3-9(5-16(14)22-2)15-8-13(20)11-6-10(18)7-12(19)17(11)23-15/h3-8H,18-19H2,1-2H3. The van der Waals surface area contributed by atoms with Crippen molar-refractivity contribution in [2.24, 2.45) is 0 Å². The maximum absolute atomic E-state index is 12.3. The molecule has 2 aromatic carbocycles. The van der Waals surface area contributed by atoms with Crippen LogP contribution in [-0.4, -0.2) is 14.2 Å². The van der Waals surface area contributed by atoms with E-state index in [-0.39, 0.29) is 5.43 Å². The van der Waals surface area contributed by atoms with E-state index in [0.717, 1.165) is 0 Å². The van der Waals surface area contributed by atoms with Crippen LogP contribution in [0.4, 0.5) is 11.4 Å². The largest absolute Gasteiger partial charge is 0.493 e. The minimum atomic E-state index is -0.213. The summed E-state index contributed by atoms with van der Waals surface area (Å²) in [6.45, 7) is 0. The Balaban J connectivity index is 2.23. The van der Waals surface area contributed by atoms with E-state index >= 15 is 0 Å². The molecule has 0 atom stereocenters. The van der Waals surface area contributed by atoms with E-state index in [0.29, 0.717) is 45.2 Å². The Kier molecular flexibility index (Phi) is 3.57. The van der Waals surface area contributed by atoms with E-state index in [1.54, 1.807) is 44.6 Å². The van der Waals surface area contributed by atoms with Gasteiger partial charge in [-0.3, -0.25) is 4.79 Å². The number of anilines is 2. The second-order valence-corrected chi connectivity index (χ2v) is 5.03. The summed E-state index contributed by atoms with van der Waals surface area (Å²) in [5.74, 6) is 1.52. The van der Waals surface area contributed by atoms with Gasteiger partial charge in [0.2, 0.25) is 0 Å². The van der Waals surface area contributed by atoms with Crippen LogP contribution in [0.25, 0.3) is 22.3 Å². The normalized spacial score (nSPS) is 10.7. The van der Waals surface area contributed by atoms with Crippen molar-refractivity contribution < 1.29 is 13.9 Å². The maximum Gasteiger partial charge on any atom is 0.193 e. The van der Waals surface area contributed by atoms with Crippen LogP contribution < -0.4 is 26.4 Å². The Morgan fingerprint density at radius 2 is 1.70 bits per heavy atom. The highest BCUT2D eigenvalue weighted by molar-refractivity contribution is 5.91. The van der Waals surface area contributed by atoms with Gasteiger partial charge in [-0.2, -0.15) is 0 Å². The number of ether oxygens (including phenoxy) is 2. The van der Waals surface area contributed by atoms with Gasteiger partial charge in [-0.15, -0.1) is 0 Å². The molecule has 0 spiro atoms. The van der Waals surface area contributed by atoms with Crippen LogP contribution in [0.15, 0.2) is 45.6 Å². The van der Waals surface area contributed by atoms with Crippen molar-refractivity contribution in [1.82, 2.24) is 0 Å². The van der Waals surface area contributed by atoms with Gasteiger partial charge in [0, 0.05) is 17.3 Å². The minimum absolute atomic E-state index is 0.213. The Bertz CT molecular complexity index is 947. The van der Waals surface area contributed by atoms with Crippen molar-refractivity contribution >= 4 is 22.3 Å². The van der Waals surface area contributed by atoms with E-state index in [4.69, 9.17) is 25.4 Å². The Morgan fingerprint density at radius 1 is 0.957 bits per heavy atom. The zero-order valence-electron chi connectivity index (χ0n) is 12.8. The average Bonchev–Trinajstić information content (AvgIpc) is 2.55. The molecule has 0 saturated carbocycles. The van der Waals surface area contributed by atoms with E-state index in [2.05, 4.69) is 0 Å². The summed E-state index contributed by atoms with van der Waals surface area (Å²) in [5.41, 5.74) is 13.2. The fourth-order valence-corrected chi connectivity index (χ4v) is 2.44.